The van der Waals surface area contributed by atoms with E-state index in [4.69, 9.17) is 4.74 Å². The molecule has 0 aliphatic carbocycles. The van der Waals surface area contributed by atoms with E-state index < -0.39 is 12.1 Å². The molecule has 0 unspecified atom stereocenters. The first-order valence-electron chi connectivity index (χ1n) is 5.57. The van der Waals surface area contributed by atoms with Gasteiger partial charge in [0.2, 0.25) is 0 Å². The second-order valence-electron chi connectivity index (χ2n) is 3.81. The fourth-order valence-corrected chi connectivity index (χ4v) is 1.75. The molecule has 0 aliphatic rings. The minimum absolute atomic E-state index is 0. The molecule has 0 fully saturated rings. The molecule has 4 heteroatoms. The van der Waals surface area contributed by atoms with Crippen LogP contribution < -0.4 is 39.4 Å². The van der Waals surface area contributed by atoms with E-state index in [1.807, 2.05) is 36.4 Å². The fourth-order valence-electron chi connectivity index (χ4n) is 1.75. The number of ether oxygens (including phenoxy) is 1. The Morgan fingerprint density at radius 2 is 1.89 bits per heavy atom. The van der Waals surface area contributed by atoms with Crippen LogP contribution in [0.4, 0.5) is 0 Å². The van der Waals surface area contributed by atoms with E-state index in [0.29, 0.717) is 12.2 Å². The van der Waals surface area contributed by atoms with Crippen molar-refractivity contribution in [2.45, 2.75) is 19.4 Å². The summed E-state index contributed by atoms with van der Waals surface area (Å²) >= 11 is 0. The molecule has 88 valence electrons. The number of fused-ring (bicyclic) bond motifs is 1. The van der Waals surface area contributed by atoms with E-state index in [1.54, 1.807) is 13.0 Å². The summed E-state index contributed by atoms with van der Waals surface area (Å²) in [7, 11) is 0. The van der Waals surface area contributed by atoms with Gasteiger partial charge in [-0.1, -0.05) is 43.3 Å². The summed E-state index contributed by atoms with van der Waals surface area (Å²) in [5.41, 5.74) is 0. The number of benzene rings is 2. The number of hydrogen-bond donors (Lipinski definition) is 0. The van der Waals surface area contributed by atoms with Crippen molar-refractivity contribution in [1.82, 2.24) is 0 Å². The summed E-state index contributed by atoms with van der Waals surface area (Å²) in [5.74, 6) is -0.598. The largest absolute Gasteiger partial charge is 1.00 e. The Bertz CT molecular complexity index is 534. The third-order valence-electron chi connectivity index (χ3n) is 2.65. The van der Waals surface area contributed by atoms with E-state index in [1.165, 1.54) is 0 Å². The topological polar surface area (TPSA) is 49.4 Å². The molecule has 18 heavy (non-hydrogen) atoms. The van der Waals surface area contributed by atoms with Crippen LogP contribution in [-0.2, 0) is 4.79 Å². The van der Waals surface area contributed by atoms with Gasteiger partial charge in [0.15, 0.2) is 0 Å². The number of carboxylic acid groups (broad SMARTS) is 1. The molecule has 3 nitrogen and oxygen atoms in total. The summed E-state index contributed by atoms with van der Waals surface area (Å²) in [6, 6.07) is 13.3. The minimum atomic E-state index is -1.18. The predicted molar refractivity (Wildman–Crippen MR) is 63.7 cm³/mol. The first kappa shape index (κ1) is 15.0. The van der Waals surface area contributed by atoms with Crippen molar-refractivity contribution < 1.29 is 44.2 Å². The van der Waals surface area contributed by atoms with Gasteiger partial charge < -0.3 is 14.6 Å². The van der Waals surface area contributed by atoms with Gasteiger partial charge in [-0.05, 0) is 17.9 Å². The fraction of sp³-hybridized carbons (Fsp3) is 0.214. The summed E-state index contributed by atoms with van der Waals surface area (Å²) in [6.07, 6.45) is -0.522. The number of carboxylic acids is 1. The summed E-state index contributed by atoms with van der Waals surface area (Å²) in [5, 5.41) is 12.8. The number of carbonyl (C=O) groups is 1. The number of hydrogen-bond acceptors (Lipinski definition) is 3. The molecule has 0 aromatic heterocycles. The van der Waals surface area contributed by atoms with Crippen LogP contribution in [0.15, 0.2) is 42.5 Å². The monoisotopic (exact) mass is 252 g/mol. The van der Waals surface area contributed by atoms with E-state index in [9.17, 15) is 9.90 Å². The van der Waals surface area contributed by atoms with Crippen molar-refractivity contribution in [3.05, 3.63) is 42.5 Å². The Hall–Kier alpha value is -1.03. The van der Waals surface area contributed by atoms with Crippen LogP contribution >= 0.6 is 0 Å². The van der Waals surface area contributed by atoms with Crippen LogP contribution in [-0.4, -0.2) is 12.1 Å². The summed E-state index contributed by atoms with van der Waals surface area (Å²) in [4.78, 5) is 10.8. The molecular weight excluding hydrogens is 239 g/mol. The molecule has 2 aromatic rings. The van der Waals surface area contributed by atoms with E-state index >= 15 is 0 Å². The normalized spacial score (nSPS) is 11.6. The van der Waals surface area contributed by atoms with Gasteiger partial charge in [-0.2, -0.15) is 0 Å². The van der Waals surface area contributed by atoms with Crippen molar-refractivity contribution in [2.24, 2.45) is 0 Å². The SMILES string of the molecule is CC[C@@H](Oc1cccc2ccccc12)C(=O)[O-].[Na+]. The molecule has 0 amide bonds. The molecule has 0 radical (unpaired) electrons. The molecule has 2 rings (SSSR count). The molecule has 0 bridgehead atoms. The molecule has 2 aromatic carbocycles. The number of carbonyl (C=O) groups excluding carboxylic acids is 1. The second-order valence-corrected chi connectivity index (χ2v) is 3.81. The molecule has 0 spiro atoms. The first-order valence-corrected chi connectivity index (χ1v) is 5.57. The third-order valence-corrected chi connectivity index (χ3v) is 2.65. The van der Waals surface area contributed by atoms with Gasteiger partial charge in [-0.3, -0.25) is 0 Å². The molecule has 0 heterocycles. The maximum absolute atomic E-state index is 10.8. The van der Waals surface area contributed by atoms with Crippen LogP contribution in [0.25, 0.3) is 10.8 Å². The van der Waals surface area contributed by atoms with E-state index in [2.05, 4.69) is 0 Å². The Labute approximate surface area is 128 Å². The van der Waals surface area contributed by atoms with Crippen LogP contribution in [0.1, 0.15) is 13.3 Å². The molecule has 0 saturated carbocycles. The third kappa shape index (κ3) is 3.25. The van der Waals surface area contributed by atoms with Crippen LogP contribution in [0, 0.1) is 0 Å². The summed E-state index contributed by atoms with van der Waals surface area (Å²) in [6.45, 7) is 1.76. The zero-order valence-corrected chi connectivity index (χ0v) is 12.6. The maximum atomic E-state index is 10.8. The average Bonchev–Trinajstić information content (AvgIpc) is 2.35. The van der Waals surface area contributed by atoms with Gasteiger partial charge >= 0.3 is 29.6 Å². The van der Waals surface area contributed by atoms with Gasteiger partial charge in [0.1, 0.15) is 11.9 Å². The van der Waals surface area contributed by atoms with E-state index in [-0.39, 0.29) is 29.6 Å². The molecule has 0 N–H and O–H groups in total. The van der Waals surface area contributed by atoms with Crippen molar-refractivity contribution in [2.75, 3.05) is 0 Å². The Balaban J connectivity index is 0.00000162. The zero-order valence-electron chi connectivity index (χ0n) is 10.6. The zero-order chi connectivity index (χ0) is 12.3. The van der Waals surface area contributed by atoms with Gasteiger partial charge in [0.05, 0.1) is 5.97 Å². The van der Waals surface area contributed by atoms with Gasteiger partial charge in [0, 0.05) is 5.39 Å². The number of rotatable bonds is 4. The van der Waals surface area contributed by atoms with Crippen molar-refractivity contribution >= 4 is 16.7 Å². The Morgan fingerprint density at radius 3 is 2.56 bits per heavy atom. The van der Waals surface area contributed by atoms with Gasteiger partial charge in [-0.25, -0.2) is 0 Å². The van der Waals surface area contributed by atoms with Gasteiger partial charge in [-0.15, -0.1) is 0 Å². The summed E-state index contributed by atoms with van der Waals surface area (Å²) < 4.78 is 5.48. The predicted octanol–water partition coefficient (Wildman–Crippen LogP) is -1.25. The minimum Gasteiger partial charge on any atom is -0.546 e. The van der Waals surface area contributed by atoms with Crippen LogP contribution in [0.3, 0.4) is 0 Å². The Kier molecular flexibility index (Phi) is 5.66. The maximum Gasteiger partial charge on any atom is 1.00 e. The standard InChI is InChI=1S/C14H14O3.Na/c1-2-12(14(15)16)17-13-9-5-7-10-6-3-4-8-11(10)13;/h3-9,12H,2H2,1H3,(H,15,16);/q;+1/p-1/t12-;/m1./s1. The first-order chi connectivity index (χ1) is 8.22. The molecule has 0 aliphatic heterocycles. The van der Waals surface area contributed by atoms with Crippen molar-refractivity contribution in [3.63, 3.8) is 0 Å². The van der Waals surface area contributed by atoms with Crippen molar-refractivity contribution in [3.8, 4) is 5.75 Å². The van der Waals surface area contributed by atoms with Crippen molar-refractivity contribution in [1.29, 1.82) is 0 Å². The van der Waals surface area contributed by atoms with E-state index in [0.717, 1.165) is 10.8 Å². The molecular formula is C14H13NaO3. The smallest absolute Gasteiger partial charge is 0.546 e. The molecule has 0 saturated heterocycles. The number of aliphatic carboxylic acids is 1. The Morgan fingerprint density at radius 1 is 1.22 bits per heavy atom. The molecule has 1 atom stereocenters. The quantitative estimate of drug-likeness (QED) is 0.639. The average molecular weight is 252 g/mol. The van der Waals surface area contributed by atoms with Crippen LogP contribution in [0.2, 0.25) is 0 Å². The van der Waals surface area contributed by atoms with Crippen LogP contribution in [0.5, 0.6) is 5.75 Å². The second kappa shape index (κ2) is 6.78. The van der Waals surface area contributed by atoms with Gasteiger partial charge in [0.25, 0.3) is 0 Å².